The molecule has 0 N–H and O–H groups in total. The lowest BCUT2D eigenvalue weighted by atomic mass is 9.96. The fourth-order valence-corrected chi connectivity index (χ4v) is 10.5. The first kappa shape index (κ1) is 35.2. The van der Waals surface area contributed by atoms with Crippen LogP contribution in [0.5, 0.6) is 0 Å². The van der Waals surface area contributed by atoms with Crippen LogP contribution in [0.2, 0.25) is 0 Å². The van der Waals surface area contributed by atoms with Crippen molar-refractivity contribution in [1.29, 1.82) is 0 Å². The molecule has 0 atom stereocenters. The van der Waals surface area contributed by atoms with Gasteiger partial charge in [0.25, 0.3) is 0 Å². The van der Waals surface area contributed by atoms with Crippen molar-refractivity contribution < 1.29 is 0 Å². The van der Waals surface area contributed by atoms with E-state index in [1.807, 2.05) is 11.3 Å². The molecule has 0 fully saturated rings. The van der Waals surface area contributed by atoms with Gasteiger partial charge < -0.3 is 9.47 Å². The van der Waals surface area contributed by atoms with E-state index in [1.165, 1.54) is 80.6 Å². The first-order valence-electron chi connectivity index (χ1n) is 20.8. The lowest BCUT2D eigenvalue weighted by Gasteiger charge is -2.29. The maximum Gasteiger partial charge on any atom is 0.0541 e. The van der Waals surface area contributed by atoms with Crippen LogP contribution in [-0.4, -0.2) is 4.57 Å². The highest BCUT2D eigenvalue weighted by atomic mass is 32.1. The maximum atomic E-state index is 2.44. The van der Waals surface area contributed by atoms with Gasteiger partial charge in [-0.2, -0.15) is 0 Å². The molecule has 0 saturated carbocycles. The number of benzene rings is 10. The highest BCUT2D eigenvalue weighted by Crippen LogP contribution is 2.47. The molecular weight excluding hydrogens is 757 g/mol. The van der Waals surface area contributed by atoms with Crippen LogP contribution >= 0.6 is 11.3 Å². The Bertz CT molecular complexity index is 3560. The molecular formula is C58H38N2S. The van der Waals surface area contributed by atoms with E-state index in [0.29, 0.717) is 0 Å². The third kappa shape index (κ3) is 5.93. The van der Waals surface area contributed by atoms with E-state index in [2.05, 4.69) is 240 Å². The molecule has 12 rings (SSSR count). The van der Waals surface area contributed by atoms with E-state index in [1.54, 1.807) is 0 Å². The summed E-state index contributed by atoms with van der Waals surface area (Å²) in [4.78, 5) is 2.44. The van der Waals surface area contributed by atoms with Gasteiger partial charge in [0.15, 0.2) is 0 Å². The summed E-state index contributed by atoms with van der Waals surface area (Å²) in [6.45, 7) is 0. The van der Waals surface area contributed by atoms with Crippen LogP contribution < -0.4 is 4.90 Å². The van der Waals surface area contributed by atoms with Crippen LogP contribution in [-0.2, 0) is 0 Å². The lowest BCUT2D eigenvalue weighted by Crippen LogP contribution is -2.11. The summed E-state index contributed by atoms with van der Waals surface area (Å²) >= 11 is 1.86. The average Bonchev–Trinajstić information content (AvgIpc) is 3.88. The Kier molecular flexibility index (Phi) is 8.39. The SMILES string of the molecule is c1cc(-c2ccc3ccccc3c2)cc(N(c2ccc(-c3ccccc3-n3c4ccccc4c4ccccc43)cc2)c2ccccc2-c2cccc3sc4ccccc4c23)c1. The standard InChI is InChI=1S/C58H38N2S/c1-2-16-41-37-43(32-31-39(41)15-1)42-17-13-18-45(38-42)59(53-26-9-6-22-49(53)50-24-14-30-57-58(50)51-23-7-12-29-56(51)61-57)44-35-33-40(34-36-44)46-19-3-8-25-52(46)60-54-27-10-4-20-47(54)48-21-5-11-28-55(48)60/h1-38H. The number of hydrogen-bond acceptors (Lipinski definition) is 2. The van der Waals surface area contributed by atoms with Gasteiger partial charge in [-0.1, -0.05) is 164 Å². The van der Waals surface area contributed by atoms with Crippen LogP contribution in [0, 0.1) is 0 Å². The van der Waals surface area contributed by atoms with Crippen molar-refractivity contribution in [3.8, 4) is 39.1 Å². The largest absolute Gasteiger partial charge is 0.310 e. The summed E-state index contributed by atoms with van der Waals surface area (Å²) in [5.41, 5.74) is 14.0. The summed E-state index contributed by atoms with van der Waals surface area (Å²) in [6.07, 6.45) is 0. The first-order chi connectivity index (χ1) is 30.3. The smallest absolute Gasteiger partial charge is 0.0541 e. The molecule has 0 aliphatic heterocycles. The summed E-state index contributed by atoms with van der Waals surface area (Å²) < 4.78 is 5.02. The van der Waals surface area contributed by atoms with E-state index in [0.717, 1.165) is 28.3 Å². The van der Waals surface area contributed by atoms with E-state index in [-0.39, 0.29) is 0 Å². The van der Waals surface area contributed by atoms with Crippen molar-refractivity contribution in [2.75, 3.05) is 4.90 Å². The summed E-state index contributed by atoms with van der Waals surface area (Å²) in [5, 5.41) is 7.60. The first-order valence-corrected chi connectivity index (χ1v) is 21.7. The van der Waals surface area contributed by atoms with Gasteiger partial charge in [-0.25, -0.2) is 0 Å². The number of thiophene rings is 1. The van der Waals surface area contributed by atoms with Crippen molar-refractivity contribution in [2.24, 2.45) is 0 Å². The van der Waals surface area contributed by atoms with Gasteiger partial charge in [-0.3, -0.25) is 0 Å². The average molecular weight is 795 g/mol. The van der Waals surface area contributed by atoms with E-state index in [4.69, 9.17) is 0 Å². The van der Waals surface area contributed by atoms with E-state index >= 15 is 0 Å². The van der Waals surface area contributed by atoms with E-state index in [9.17, 15) is 0 Å². The number of hydrogen-bond donors (Lipinski definition) is 0. The van der Waals surface area contributed by atoms with Crippen molar-refractivity contribution in [2.45, 2.75) is 0 Å². The maximum absolute atomic E-state index is 2.44. The normalized spacial score (nSPS) is 11.6. The zero-order valence-corrected chi connectivity index (χ0v) is 34.1. The third-order valence-corrected chi connectivity index (χ3v) is 13.3. The molecule has 0 saturated heterocycles. The fraction of sp³-hybridized carbons (Fsp3) is 0. The zero-order chi connectivity index (χ0) is 40.3. The van der Waals surface area contributed by atoms with Crippen molar-refractivity contribution in [3.63, 3.8) is 0 Å². The number of nitrogens with zero attached hydrogens (tertiary/aromatic N) is 2. The highest BCUT2D eigenvalue weighted by Gasteiger charge is 2.21. The number of rotatable bonds is 7. The minimum Gasteiger partial charge on any atom is -0.310 e. The van der Waals surface area contributed by atoms with Gasteiger partial charge in [0.2, 0.25) is 0 Å². The van der Waals surface area contributed by atoms with Gasteiger partial charge >= 0.3 is 0 Å². The van der Waals surface area contributed by atoms with E-state index < -0.39 is 0 Å². The number of fused-ring (bicyclic) bond motifs is 7. The van der Waals surface area contributed by atoms with Gasteiger partial charge in [-0.05, 0) is 99.8 Å². The topological polar surface area (TPSA) is 8.17 Å². The molecule has 12 aromatic rings. The minimum absolute atomic E-state index is 1.09. The summed E-state index contributed by atoms with van der Waals surface area (Å²) in [7, 11) is 0. The van der Waals surface area contributed by atoms with Crippen molar-refractivity contribution in [1.82, 2.24) is 4.57 Å². The second-order valence-electron chi connectivity index (χ2n) is 15.7. The molecule has 0 unspecified atom stereocenters. The van der Waals surface area contributed by atoms with Crippen molar-refractivity contribution in [3.05, 3.63) is 231 Å². The quantitative estimate of drug-likeness (QED) is 0.156. The minimum atomic E-state index is 1.09. The van der Waals surface area contributed by atoms with Gasteiger partial charge in [0, 0.05) is 53.4 Å². The molecule has 0 aliphatic carbocycles. The molecule has 2 heterocycles. The predicted molar refractivity (Wildman–Crippen MR) is 262 cm³/mol. The van der Waals surface area contributed by atoms with Crippen LogP contribution in [0.25, 0.3) is 91.8 Å². The lowest BCUT2D eigenvalue weighted by molar-refractivity contribution is 1.18. The highest BCUT2D eigenvalue weighted by molar-refractivity contribution is 7.25. The molecule has 0 aliphatic rings. The summed E-state index contributed by atoms with van der Waals surface area (Å²) in [6, 6.07) is 84.2. The summed E-state index contributed by atoms with van der Waals surface area (Å²) in [5.74, 6) is 0. The number of aromatic nitrogens is 1. The third-order valence-electron chi connectivity index (χ3n) is 12.2. The molecule has 2 nitrogen and oxygen atoms in total. The fourth-order valence-electron chi connectivity index (χ4n) is 9.40. The number of anilines is 3. The van der Waals surface area contributed by atoms with Gasteiger partial charge in [0.1, 0.15) is 0 Å². The van der Waals surface area contributed by atoms with Crippen LogP contribution in [0.1, 0.15) is 0 Å². The van der Waals surface area contributed by atoms with Crippen LogP contribution in [0.3, 0.4) is 0 Å². The van der Waals surface area contributed by atoms with Crippen LogP contribution in [0.4, 0.5) is 17.1 Å². The Morgan fingerprint density at radius 2 is 0.934 bits per heavy atom. The Hall–Kier alpha value is -7.72. The molecule has 286 valence electrons. The Labute approximate surface area is 358 Å². The Morgan fingerprint density at radius 1 is 0.344 bits per heavy atom. The molecule has 0 radical (unpaired) electrons. The zero-order valence-electron chi connectivity index (χ0n) is 33.2. The van der Waals surface area contributed by atoms with Gasteiger partial charge in [-0.15, -0.1) is 11.3 Å². The predicted octanol–water partition coefficient (Wildman–Crippen LogP) is 16.8. The monoisotopic (exact) mass is 794 g/mol. The van der Waals surface area contributed by atoms with Crippen LogP contribution in [0.15, 0.2) is 231 Å². The molecule has 3 heteroatoms. The molecule has 0 bridgehead atoms. The molecule has 10 aromatic carbocycles. The second kappa shape index (κ2) is 14.5. The number of para-hydroxylation sites is 4. The Balaban J connectivity index is 1.04. The second-order valence-corrected chi connectivity index (χ2v) is 16.8. The van der Waals surface area contributed by atoms with Crippen molar-refractivity contribution >= 4 is 81.1 Å². The molecule has 0 spiro atoms. The molecule has 61 heavy (non-hydrogen) atoms. The van der Waals surface area contributed by atoms with Gasteiger partial charge in [0.05, 0.1) is 22.4 Å². The Morgan fingerprint density at radius 3 is 1.75 bits per heavy atom. The molecule has 0 amide bonds. The molecule has 2 aromatic heterocycles.